The van der Waals surface area contributed by atoms with Crippen LogP contribution in [0.1, 0.15) is 33.5 Å². The lowest BCUT2D eigenvalue weighted by atomic mass is 10.0. The molecule has 1 N–H and O–H groups in total. The molecule has 1 aliphatic rings. The second kappa shape index (κ2) is 9.16. The van der Waals surface area contributed by atoms with E-state index in [1.165, 1.54) is 34.6 Å². The van der Waals surface area contributed by atoms with E-state index < -0.39 is 45.0 Å². The number of nitrogens with zero attached hydrogens (tertiary/aromatic N) is 1. The summed E-state index contributed by atoms with van der Waals surface area (Å²) in [5.74, 6) is -1.17. The molecule has 0 bridgehead atoms. The molecule has 1 heterocycles. The summed E-state index contributed by atoms with van der Waals surface area (Å²) in [7, 11) is -3.86. The van der Waals surface area contributed by atoms with E-state index in [-0.39, 0.29) is 23.2 Å². The van der Waals surface area contributed by atoms with Crippen LogP contribution in [0.5, 0.6) is 0 Å². The zero-order chi connectivity index (χ0) is 26.3. The number of carbonyl (C=O) groups excluding carboxylic acids is 1. The minimum absolute atomic E-state index is 0.0581. The van der Waals surface area contributed by atoms with Crippen LogP contribution in [0, 0.1) is 0 Å². The molecule has 0 radical (unpaired) electrons. The van der Waals surface area contributed by atoms with Crippen molar-refractivity contribution in [2.24, 2.45) is 0 Å². The Morgan fingerprint density at radius 2 is 1.44 bits per heavy atom. The fraction of sp³-hybridized carbons (Fsp3) is 0.208. The summed E-state index contributed by atoms with van der Waals surface area (Å²) >= 11 is 0. The molecular formula is C24H18F6N2O3S. The first-order valence-electron chi connectivity index (χ1n) is 10.6. The molecule has 4 rings (SSSR count). The van der Waals surface area contributed by atoms with Gasteiger partial charge in [0.1, 0.15) is 0 Å². The highest BCUT2D eigenvalue weighted by atomic mass is 32.2. The van der Waals surface area contributed by atoms with Crippen molar-refractivity contribution in [3.8, 4) is 0 Å². The van der Waals surface area contributed by atoms with Crippen molar-refractivity contribution in [3.05, 3.63) is 89.0 Å². The van der Waals surface area contributed by atoms with E-state index >= 15 is 0 Å². The topological polar surface area (TPSA) is 66.5 Å². The average Bonchev–Trinajstić information content (AvgIpc) is 2.82. The van der Waals surface area contributed by atoms with Gasteiger partial charge in [-0.15, -0.1) is 0 Å². The molecule has 0 atom stereocenters. The number of halogens is 6. The normalized spacial score (nSPS) is 14.3. The van der Waals surface area contributed by atoms with Gasteiger partial charge < -0.3 is 5.32 Å². The first kappa shape index (κ1) is 25.5. The average molecular weight is 528 g/mol. The first-order valence-corrected chi connectivity index (χ1v) is 12.0. The number of carbonyl (C=O) groups is 1. The molecule has 0 fully saturated rings. The Morgan fingerprint density at radius 3 is 2.03 bits per heavy atom. The Balaban J connectivity index is 1.64. The Morgan fingerprint density at radius 1 is 0.833 bits per heavy atom. The van der Waals surface area contributed by atoms with E-state index in [4.69, 9.17) is 0 Å². The maximum Gasteiger partial charge on any atom is 0.416 e. The Bertz CT molecular complexity index is 1370. The summed E-state index contributed by atoms with van der Waals surface area (Å²) < 4.78 is 106. The summed E-state index contributed by atoms with van der Waals surface area (Å²) in [5.41, 5.74) is -2.99. The van der Waals surface area contributed by atoms with Crippen LogP contribution in [-0.4, -0.2) is 20.9 Å². The number of sulfonamides is 1. The maximum absolute atomic E-state index is 13.1. The number of aryl methyl sites for hydroxylation is 1. The number of fused-ring (bicyclic) bond motifs is 1. The van der Waals surface area contributed by atoms with Crippen molar-refractivity contribution in [2.45, 2.75) is 30.1 Å². The van der Waals surface area contributed by atoms with Crippen molar-refractivity contribution < 1.29 is 39.6 Å². The fourth-order valence-electron chi connectivity index (χ4n) is 3.90. The zero-order valence-corrected chi connectivity index (χ0v) is 19.1. The Labute approximate surface area is 202 Å². The van der Waals surface area contributed by atoms with Gasteiger partial charge in [-0.1, -0.05) is 18.2 Å². The summed E-state index contributed by atoms with van der Waals surface area (Å²) in [6, 6.07) is 12.7. The Hall–Kier alpha value is -3.54. The van der Waals surface area contributed by atoms with Gasteiger partial charge in [0.25, 0.3) is 15.9 Å². The van der Waals surface area contributed by atoms with Crippen LogP contribution in [0.4, 0.5) is 37.7 Å². The van der Waals surface area contributed by atoms with Crippen LogP contribution < -0.4 is 9.62 Å². The highest BCUT2D eigenvalue weighted by Gasteiger charge is 2.37. The van der Waals surface area contributed by atoms with Gasteiger partial charge in [-0.05, 0) is 66.9 Å². The molecule has 0 saturated heterocycles. The highest BCUT2D eigenvalue weighted by molar-refractivity contribution is 7.92. The third-order valence-corrected chi connectivity index (χ3v) is 7.42. The third kappa shape index (κ3) is 5.18. The van der Waals surface area contributed by atoms with E-state index in [2.05, 4.69) is 5.32 Å². The molecule has 0 aliphatic carbocycles. The van der Waals surface area contributed by atoms with Crippen molar-refractivity contribution >= 4 is 27.3 Å². The van der Waals surface area contributed by atoms with E-state index in [0.29, 0.717) is 36.2 Å². The van der Waals surface area contributed by atoms with Gasteiger partial charge in [-0.25, -0.2) is 8.42 Å². The molecular weight excluding hydrogens is 510 g/mol. The van der Waals surface area contributed by atoms with Crippen LogP contribution in [0.15, 0.2) is 71.6 Å². The highest BCUT2D eigenvalue weighted by Crippen LogP contribution is 2.37. The number of nitrogens with one attached hydrogen (secondary N) is 1. The number of amides is 1. The number of anilines is 2. The summed E-state index contributed by atoms with van der Waals surface area (Å²) in [4.78, 5) is 12.7. The summed E-state index contributed by atoms with van der Waals surface area (Å²) in [5, 5.41) is 2.31. The second-order valence-electron chi connectivity index (χ2n) is 8.09. The lowest BCUT2D eigenvalue weighted by Crippen LogP contribution is -2.35. The molecule has 36 heavy (non-hydrogen) atoms. The molecule has 1 amide bonds. The molecule has 1 aliphatic heterocycles. The van der Waals surface area contributed by atoms with Gasteiger partial charge >= 0.3 is 12.4 Å². The van der Waals surface area contributed by atoms with Crippen LogP contribution in [0.2, 0.25) is 0 Å². The number of hydrogen-bond donors (Lipinski definition) is 1. The molecule has 0 spiro atoms. The molecule has 3 aromatic carbocycles. The van der Waals surface area contributed by atoms with Gasteiger partial charge in [0.15, 0.2) is 0 Å². The molecule has 12 heteroatoms. The molecule has 5 nitrogen and oxygen atoms in total. The minimum Gasteiger partial charge on any atom is -0.322 e. The number of rotatable bonds is 4. The fourth-order valence-corrected chi connectivity index (χ4v) is 5.46. The summed E-state index contributed by atoms with van der Waals surface area (Å²) in [6.07, 6.45) is -9.24. The molecule has 3 aromatic rings. The van der Waals surface area contributed by atoms with Crippen molar-refractivity contribution in [2.75, 3.05) is 16.2 Å². The molecule has 0 aromatic heterocycles. The molecule has 190 valence electrons. The predicted molar refractivity (Wildman–Crippen MR) is 120 cm³/mol. The minimum atomic E-state index is -5.09. The van der Waals surface area contributed by atoms with E-state index in [1.54, 1.807) is 18.2 Å². The van der Waals surface area contributed by atoms with Gasteiger partial charge in [0.2, 0.25) is 0 Å². The Kier molecular flexibility index (Phi) is 6.50. The molecule has 0 unspecified atom stereocenters. The van der Waals surface area contributed by atoms with Gasteiger partial charge in [-0.2, -0.15) is 26.3 Å². The van der Waals surface area contributed by atoms with Crippen LogP contribution >= 0.6 is 0 Å². The van der Waals surface area contributed by atoms with Crippen molar-refractivity contribution in [1.29, 1.82) is 0 Å². The van der Waals surface area contributed by atoms with Crippen LogP contribution in [0.3, 0.4) is 0 Å². The third-order valence-electron chi connectivity index (χ3n) is 5.59. The standard InChI is InChI=1S/C24H18F6N2O3S/c25-23(26,27)17-11-16(12-18(14-17)24(28,29)30)22(33)31-19-8-9-21-15(13-19)5-4-10-32(21)36(34,35)20-6-2-1-3-7-20/h1-3,6-9,11-14H,4-5,10H2,(H,31,33). The smallest absolute Gasteiger partial charge is 0.322 e. The van der Waals surface area contributed by atoms with Gasteiger partial charge in [0.05, 0.1) is 21.7 Å². The lowest BCUT2D eigenvalue weighted by molar-refractivity contribution is -0.143. The van der Waals surface area contributed by atoms with Crippen molar-refractivity contribution in [1.82, 2.24) is 0 Å². The quantitative estimate of drug-likeness (QED) is 0.415. The number of benzene rings is 3. The molecule has 0 saturated carbocycles. The zero-order valence-electron chi connectivity index (χ0n) is 18.3. The number of alkyl halides is 6. The predicted octanol–water partition coefficient (Wildman–Crippen LogP) is 6.12. The SMILES string of the molecule is O=C(Nc1ccc2c(c1)CCCN2S(=O)(=O)c1ccccc1)c1cc(C(F)(F)F)cc(C(F)(F)F)c1. The van der Waals surface area contributed by atoms with Gasteiger partial charge in [-0.3, -0.25) is 9.10 Å². The summed E-state index contributed by atoms with van der Waals surface area (Å²) in [6.45, 7) is 0.223. The largest absolute Gasteiger partial charge is 0.416 e. The lowest BCUT2D eigenvalue weighted by Gasteiger charge is -2.31. The first-order chi connectivity index (χ1) is 16.8. The van der Waals surface area contributed by atoms with E-state index in [0.717, 1.165) is 0 Å². The van der Waals surface area contributed by atoms with Crippen molar-refractivity contribution in [3.63, 3.8) is 0 Å². The van der Waals surface area contributed by atoms with Crippen LogP contribution in [0.25, 0.3) is 0 Å². The van der Waals surface area contributed by atoms with E-state index in [1.807, 2.05) is 0 Å². The number of hydrogen-bond acceptors (Lipinski definition) is 3. The monoisotopic (exact) mass is 528 g/mol. The van der Waals surface area contributed by atoms with Gasteiger partial charge in [0, 0.05) is 17.8 Å². The van der Waals surface area contributed by atoms with Crippen LogP contribution in [-0.2, 0) is 28.8 Å². The maximum atomic E-state index is 13.1. The van der Waals surface area contributed by atoms with E-state index in [9.17, 15) is 39.6 Å². The second-order valence-corrected chi connectivity index (χ2v) is 9.95.